The van der Waals surface area contributed by atoms with Gasteiger partial charge < -0.3 is 4.98 Å². The van der Waals surface area contributed by atoms with Crippen molar-refractivity contribution in [3.8, 4) is 0 Å². The molecule has 1 saturated heterocycles. The number of benzene rings is 1. The van der Waals surface area contributed by atoms with Crippen LogP contribution in [0.1, 0.15) is 19.7 Å². The lowest BCUT2D eigenvalue weighted by atomic mass is 10.2. The van der Waals surface area contributed by atoms with E-state index < -0.39 is 10.2 Å². The smallest absolute Gasteiger partial charge is 0.282 e. The lowest BCUT2D eigenvalue weighted by molar-refractivity contribution is 0.172. The van der Waals surface area contributed by atoms with Crippen LogP contribution in [-0.2, 0) is 16.8 Å². The molecular formula is C17H24ClN5O3S. The number of nitrogens with one attached hydrogen (secondary N) is 1. The van der Waals surface area contributed by atoms with Gasteiger partial charge in [-0.25, -0.2) is 4.98 Å². The van der Waals surface area contributed by atoms with Gasteiger partial charge in [-0.2, -0.15) is 17.0 Å². The van der Waals surface area contributed by atoms with Gasteiger partial charge in [0.25, 0.3) is 15.8 Å². The van der Waals surface area contributed by atoms with Gasteiger partial charge in [0.05, 0.1) is 17.4 Å². The number of hydrogen-bond acceptors (Lipinski definition) is 5. The molecule has 2 aromatic rings. The Hall–Kier alpha value is -1.52. The van der Waals surface area contributed by atoms with E-state index in [1.807, 2.05) is 13.8 Å². The van der Waals surface area contributed by atoms with Crippen LogP contribution in [0.4, 0.5) is 0 Å². The molecule has 1 N–H and O–H groups in total. The third kappa shape index (κ3) is 4.33. The molecular weight excluding hydrogens is 390 g/mol. The molecule has 0 aliphatic carbocycles. The summed E-state index contributed by atoms with van der Waals surface area (Å²) < 4.78 is 28.2. The minimum atomic E-state index is -3.41. The van der Waals surface area contributed by atoms with Crippen molar-refractivity contribution in [2.75, 3.05) is 39.3 Å². The monoisotopic (exact) mass is 413 g/mol. The normalized spacial score (nSPS) is 17.0. The maximum Gasteiger partial charge on any atom is 0.282 e. The zero-order valence-corrected chi connectivity index (χ0v) is 17.1. The molecule has 0 bridgehead atoms. The van der Waals surface area contributed by atoms with Crippen LogP contribution in [-0.4, -0.2) is 71.2 Å². The minimum absolute atomic E-state index is 0.200. The first-order valence-corrected chi connectivity index (χ1v) is 10.8. The Morgan fingerprint density at radius 1 is 1.19 bits per heavy atom. The predicted molar refractivity (Wildman–Crippen MR) is 106 cm³/mol. The Bertz CT molecular complexity index is 966. The predicted octanol–water partition coefficient (Wildman–Crippen LogP) is 1.28. The highest BCUT2D eigenvalue weighted by atomic mass is 35.5. The van der Waals surface area contributed by atoms with E-state index in [1.54, 1.807) is 18.2 Å². The van der Waals surface area contributed by atoms with E-state index in [9.17, 15) is 13.2 Å². The van der Waals surface area contributed by atoms with E-state index in [2.05, 4.69) is 14.9 Å². The summed E-state index contributed by atoms with van der Waals surface area (Å²) >= 11 is 5.99. The molecule has 0 radical (unpaired) electrons. The number of nitrogens with zero attached hydrogens (tertiary/aromatic N) is 4. The zero-order chi connectivity index (χ0) is 19.6. The lowest BCUT2D eigenvalue weighted by Crippen LogP contribution is -2.52. The molecule has 8 nitrogen and oxygen atoms in total. The summed E-state index contributed by atoms with van der Waals surface area (Å²) in [6.45, 7) is 7.06. The first kappa shape index (κ1) is 20.2. The highest BCUT2D eigenvalue weighted by molar-refractivity contribution is 7.86. The summed E-state index contributed by atoms with van der Waals surface area (Å²) in [5.41, 5.74) is 0.360. The lowest BCUT2D eigenvalue weighted by Gasteiger charge is -2.36. The molecule has 148 valence electrons. The molecule has 27 heavy (non-hydrogen) atoms. The van der Waals surface area contributed by atoms with Gasteiger partial charge in [-0.3, -0.25) is 9.69 Å². The summed E-state index contributed by atoms with van der Waals surface area (Å²) in [6.07, 6.45) is 0. The molecule has 2 heterocycles. The Kier molecular flexibility index (Phi) is 6.17. The van der Waals surface area contributed by atoms with E-state index >= 15 is 0 Å². The standard InChI is InChI=1S/C17H24ClN5O3S/c1-3-22(4-2)27(25,26)23-9-7-21(8-10-23)12-16-19-15-11-13(18)5-6-14(15)17(24)20-16/h5-6,11H,3-4,7-10,12H2,1-2H3,(H,19,20,24). The molecule has 10 heteroatoms. The molecule has 0 atom stereocenters. The van der Waals surface area contributed by atoms with Crippen LogP contribution in [0.25, 0.3) is 10.9 Å². The Morgan fingerprint density at radius 2 is 1.85 bits per heavy atom. The quantitative estimate of drug-likeness (QED) is 0.770. The fraction of sp³-hybridized carbons (Fsp3) is 0.529. The maximum absolute atomic E-state index is 12.6. The first-order chi connectivity index (χ1) is 12.8. The van der Waals surface area contributed by atoms with Crippen molar-refractivity contribution in [1.29, 1.82) is 0 Å². The summed E-state index contributed by atoms with van der Waals surface area (Å²) in [5, 5.41) is 1.03. The second kappa shape index (κ2) is 8.24. The summed E-state index contributed by atoms with van der Waals surface area (Å²) in [4.78, 5) is 21.6. The SMILES string of the molecule is CCN(CC)S(=O)(=O)N1CCN(Cc2nc3cc(Cl)ccc3c(=O)[nH]2)CC1. The Balaban J connectivity index is 1.69. The summed E-state index contributed by atoms with van der Waals surface area (Å²) in [5.74, 6) is 0.551. The number of rotatable bonds is 6. The number of aromatic nitrogens is 2. The van der Waals surface area contributed by atoms with Crippen molar-refractivity contribution in [3.63, 3.8) is 0 Å². The fourth-order valence-corrected chi connectivity index (χ4v) is 5.05. The van der Waals surface area contributed by atoms with Crippen molar-refractivity contribution >= 4 is 32.7 Å². The minimum Gasteiger partial charge on any atom is -0.309 e. The van der Waals surface area contributed by atoms with E-state index in [-0.39, 0.29) is 5.56 Å². The van der Waals surface area contributed by atoms with Crippen LogP contribution in [0.2, 0.25) is 5.02 Å². The average Bonchev–Trinajstić information content (AvgIpc) is 2.62. The number of hydrogen-bond donors (Lipinski definition) is 1. The summed E-state index contributed by atoms with van der Waals surface area (Å²) in [7, 11) is -3.41. The molecule has 1 aliphatic heterocycles. The van der Waals surface area contributed by atoms with E-state index in [1.165, 1.54) is 8.61 Å². The Morgan fingerprint density at radius 3 is 2.48 bits per heavy atom. The number of halogens is 1. The molecule has 0 unspecified atom stereocenters. The van der Waals surface area contributed by atoms with Gasteiger partial charge in [0.1, 0.15) is 5.82 Å². The van der Waals surface area contributed by atoms with Crippen LogP contribution >= 0.6 is 11.6 Å². The van der Waals surface area contributed by atoms with Gasteiger partial charge in [0.15, 0.2) is 0 Å². The summed E-state index contributed by atoms with van der Waals surface area (Å²) in [6, 6.07) is 4.99. The largest absolute Gasteiger partial charge is 0.309 e. The maximum atomic E-state index is 12.6. The van der Waals surface area contributed by atoms with Gasteiger partial charge >= 0.3 is 0 Å². The molecule has 0 spiro atoms. The number of aromatic amines is 1. The van der Waals surface area contributed by atoms with Crippen molar-refractivity contribution in [3.05, 3.63) is 39.4 Å². The van der Waals surface area contributed by atoms with Gasteiger partial charge in [0, 0.05) is 44.3 Å². The van der Waals surface area contributed by atoms with Gasteiger partial charge in [-0.1, -0.05) is 25.4 Å². The fourth-order valence-electron chi connectivity index (χ4n) is 3.28. The molecule has 1 aromatic carbocycles. The molecule has 1 fully saturated rings. The zero-order valence-electron chi connectivity index (χ0n) is 15.5. The number of H-pyrrole nitrogens is 1. The molecule has 1 aliphatic rings. The second-order valence-electron chi connectivity index (χ2n) is 6.44. The van der Waals surface area contributed by atoms with Crippen molar-refractivity contribution in [2.45, 2.75) is 20.4 Å². The van der Waals surface area contributed by atoms with E-state index in [0.29, 0.717) is 67.6 Å². The van der Waals surface area contributed by atoms with Gasteiger partial charge in [-0.05, 0) is 18.2 Å². The van der Waals surface area contributed by atoms with Crippen molar-refractivity contribution in [2.24, 2.45) is 0 Å². The number of piperazine rings is 1. The molecule has 1 aromatic heterocycles. The van der Waals surface area contributed by atoms with Crippen LogP contribution < -0.4 is 5.56 Å². The molecule has 3 rings (SSSR count). The van der Waals surface area contributed by atoms with E-state index in [0.717, 1.165) is 0 Å². The molecule has 0 saturated carbocycles. The highest BCUT2D eigenvalue weighted by Gasteiger charge is 2.30. The van der Waals surface area contributed by atoms with Gasteiger partial charge in [-0.15, -0.1) is 0 Å². The van der Waals surface area contributed by atoms with E-state index in [4.69, 9.17) is 11.6 Å². The second-order valence-corrected chi connectivity index (χ2v) is 8.81. The van der Waals surface area contributed by atoms with Crippen LogP contribution in [0.3, 0.4) is 0 Å². The number of fused-ring (bicyclic) bond motifs is 1. The van der Waals surface area contributed by atoms with Crippen LogP contribution in [0.15, 0.2) is 23.0 Å². The third-order valence-electron chi connectivity index (χ3n) is 4.78. The van der Waals surface area contributed by atoms with Crippen LogP contribution in [0, 0.1) is 0 Å². The van der Waals surface area contributed by atoms with Crippen molar-refractivity contribution < 1.29 is 8.42 Å². The van der Waals surface area contributed by atoms with Gasteiger partial charge in [0.2, 0.25) is 0 Å². The topological polar surface area (TPSA) is 89.6 Å². The first-order valence-electron chi connectivity index (χ1n) is 9.01. The Labute approximate surface area is 163 Å². The van der Waals surface area contributed by atoms with Crippen molar-refractivity contribution in [1.82, 2.24) is 23.5 Å². The van der Waals surface area contributed by atoms with Crippen LogP contribution in [0.5, 0.6) is 0 Å². The molecule has 0 amide bonds. The third-order valence-corrected chi connectivity index (χ3v) is 7.20. The average molecular weight is 414 g/mol. The highest BCUT2D eigenvalue weighted by Crippen LogP contribution is 2.16.